The Morgan fingerprint density at radius 2 is 1.20 bits per heavy atom. The fraction of sp³-hybridized carbons (Fsp3) is 0.467. The van der Waals surface area contributed by atoms with Gasteiger partial charge in [-0.15, -0.1) is 0 Å². The van der Waals surface area contributed by atoms with Crippen molar-refractivity contribution >= 4 is 11.1 Å². The Kier molecular flexibility index (Phi) is 9.00. The first-order chi connectivity index (χ1) is 14.8. The molecule has 0 heterocycles. The molecule has 2 aromatic carbocycles. The van der Waals surface area contributed by atoms with E-state index in [4.69, 9.17) is 0 Å². The average molecular weight is 401 g/mol. The van der Waals surface area contributed by atoms with Gasteiger partial charge in [0.25, 0.3) is 0 Å². The lowest BCUT2D eigenvalue weighted by atomic mass is 9.68. The minimum atomic E-state index is 0.324. The minimum Gasteiger partial charge on any atom is -0.0773 e. The molecule has 1 aliphatic rings. The van der Waals surface area contributed by atoms with E-state index >= 15 is 0 Å². The minimum absolute atomic E-state index is 0.324. The highest BCUT2D eigenvalue weighted by Gasteiger charge is 2.31. The molecule has 0 spiro atoms. The third-order valence-corrected chi connectivity index (χ3v) is 6.72. The molecule has 0 N–H and O–H groups in total. The molecule has 1 aliphatic carbocycles. The van der Waals surface area contributed by atoms with Crippen molar-refractivity contribution < 1.29 is 0 Å². The molecule has 3 rings (SSSR count). The highest BCUT2D eigenvalue weighted by atomic mass is 14.4. The summed E-state index contributed by atoms with van der Waals surface area (Å²) in [5, 5.41) is 0. The third kappa shape index (κ3) is 6.21. The van der Waals surface area contributed by atoms with Crippen molar-refractivity contribution in [2.45, 2.75) is 84.5 Å². The Labute approximate surface area is 185 Å². The van der Waals surface area contributed by atoms with E-state index in [0.29, 0.717) is 5.41 Å². The zero-order valence-electron chi connectivity index (χ0n) is 19.2. The topological polar surface area (TPSA) is 0 Å². The van der Waals surface area contributed by atoms with Gasteiger partial charge in [0.05, 0.1) is 0 Å². The van der Waals surface area contributed by atoms with E-state index in [-0.39, 0.29) is 0 Å². The van der Waals surface area contributed by atoms with Crippen LogP contribution in [-0.2, 0) is 0 Å². The summed E-state index contributed by atoms with van der Waals surface area (Å²) >= 11 is 0. The molecule has 30 heavy (non-hydrogen) atoms. The normalized spacial score (nSPS) is 18.7. The molecule has 160 valence electrons. The van der Waals surface area contributed by atoms with Crippen molar-refractivity contribution in [2.75, 3.05) is 0 Å². The number of rotatable bonds is 12. The fourth-order valence-corrected chi connectivity index (χ4v) is 4.91. The Morgan fingerprint density at radius 1 is 0.633 bits per heavy atom. The van der Waals surface area contributed by atoms with E-state index in [0.717, 1.165) is 0 Å². The molecule has 2 aromatic rings. The number of hydrogen-bond donors (Lipinski definition) is 0. The van der Waals surface area contributed by atoms with Gasteiger partial charge in [-0.3, -0.25) is 0 Å². The van der Waals surface area contributed by atoms with E-state index in [1.807, 2.05) is 0 Å². The summed E-state index contributed by atoms with van der Waals surface area (Å²) in [5.41, 5.74) is 6.01. The van der Waals surface area contributed by atoms with Crippen molar-refractivity contribution in [1.29, 1.82) is 0 Å². The predicted octanol–water partition coefficient (Wildman–Crippen LogP) is 9.48. The summed E-state index contributed by atoms with van der Waals surface area (Å²) in [6.45, 7) is 4.63. The maximum absolute atomic E-state index is 2.59. The third-order valence-electron chi connectivity index (χ3n) is 6.72. The predicted molar refractivity (Wildman–Crippen MR) is 133 cm³/mol. The van der Waals surface area contributed by atoms with Gasteiger partial charge in [0.1, 0.15) is 0 Å². The summed E-state index contributed by atoms with van der Waals surface area (Å²) < 4.78 is 0. The molecule has 0 radical (unpaired) electrons. The van der Waals surface area contributed by atoms with Crippen LogP contribution >= 0.6 is 0 Å². The van der Waals surface area contributed by atoms with Gasteiger partial charge < -0.3 is 0 Å². The molecular formula is C30H40. The highest BCUT2D eigenvalue weighted by Crippen LogP contribution is 2.48. The molecule has 0 aromatic heterocycles. The second kappa shape index (κ2) is 11.9. The van der Waals surface area contributed by atoms with Crippen LogP contribution in [0.4, 0.5) is 0 Å². The molecule has 0 nitrogen and oxygen atoms in total. The van der Waals surface area contributed by atoms with Crippen molar-refractivity contribution in [2.24, 2.45) is 5.41 Å². The first-order valence-electron chi connectivity index (χ1n) is 12.3. The molecule has 0 aliphatic heterocycles. The van der Waals surface area contributed by atoms with E-state index in [1.54, 1.807) is 0 Å². The number of hydrogen-bond acceptors (Lipinski definition) is 0. The van der Waals surface area contributed by atoms with Crippen LogP contribution in [0, 0.1) is 5.41 Å². The molecule has 1 unspecified atom stereocenters. The van der Waals surface area contributed by atoms with E-state index < -0.39 is 0 Å². The second-order valence-electron chi connectivity index (χ2n) is 9.12. The summed E-state index contributed by atoms with van der Waals surface area (Å²) in [6, 6.07) is 22.1. The van der Waals surface area contributed by atoms with E-state index in [9.17, 15) is 0 Å². The summed E-state index contributed by atoms with van der Waals surface area (Å²) in [4.78, 5) is 0. The molecule has 0 heteroatoms. The average Bonchev–Trinajstić information content (AvgIpc) is 2.81. The van der Waals surface area contributed by atoms with Crippen LogP contribution in [0.1, 0.15) is 95.6 Å². The maximum atomic E-state index is 2.59. The first kappa shape index (κ1) is 22.6. The van der Waals surface area contributed by atoms with Gasteiger partial charge in [-0.1, -0.05) is 138 Å². The summed E-state index contributed by atoms with van der Waals surface area (Å²) in [6.07, 6.45) is 19.7. The Hall–Kier alpha value is -2.08. The van der Waals surface area contributed by atoms with Crippen LogP contribution in [-0.4, -0.2) is 0 Å². The van der Waals surface area contributed by atoms with Crippen LogP contribution in [0.3, 0.4) is 0 Å². The Balaban J connectivity index is 1.84. The Bertz CT molecular complexity index is 796. The van der Waals surface area contributed by atoms with Gasteiger partial charge in [-0.05, 0) is 47.0 Å². The van der Waals surface area contributed by atoms with Crippen LogP contribution in [0.5, 0.6) is 0 Å². The molecule has 0 amide bonds. The number of allylic oxidation sites excluding steroid dienone is 4. The molecule has 0 saturated carbocycles. The van der Waals surface area contributed by atoms with Crippen molar-refractivity contribution in [3.05, 3.63) is 83.9 Å². The molecule has 0 bridgehead atoms. The van der Waals surface area contributed by atoms with Crippen molar-refractivity contribution in [3.63, 3.8) is 0 Å². The molecule has 0 fully saturated rings. The summed E-state index contributed by atoms with van der Waals surface area (Å²) in [5.74, 6) is 0. The zero-order chi connectivity index (χ0) is 21.1. The SMILES string of the molecule is CCCCCCCCC1(CCCC)C=CC(c2ccccc2)=C(c2ccccc2)C1. The second-order valence-corrected chi connectivity index (χ2v) is 9.12. The van der Waals surface area contributed by atoms with Gasteiger partial charge in [-0.2, -0.15) is 0 Å². The van der Waals surface area contributed by atoms with Crippen LogP contribution in [0.15, 0.2) is 72.8 Å². The monoisotopic (exact) mass is 400 g/mol. The maximum Gasteiger partial charge on any atom is -0.00741 e. The van der Waals surface area contributed by atoms with Gasteiger partial charge in [0, 0.05) is 0 Å². The zero-order valence-corrected chi connectivity index (χ0v) is 19.2. The smallest absolute Gasteiger partial charge is 0.00741 e. The quantitative estimate of drug-likeness (QED) is 0.311. The highest BCUT2D eigenvalue weighted by molar-refractivity contribution is 5.97. The molecular weight excluding hydrogens is 360 g/mol. The first-order valence-corrected chi connectivity index (χ1v) is 12.3. The van der Waals surface area contributed by atoms with Gasteiger partial charge >= 0.3 is 0 Å². The lowest BCUT2D eigenvalue weighted by molar-refractivity contribution is 0.305. The number of benzene rings is 2. The fourth-order valence-electron chi connectivity index (χ4n) is 4.91. The van der Waals surface area contributed by atoms with Crippen LogP contribution in [0.2, 0.25) is 0 Å². The summed E-state index contributed by atoms with van der Waals surface area (Å²) in [7, 11) is 0. The van der Waals surface area contributed by atoms with Crippen molar-refractivity contribution in [1.82, 2.24) is 0 Å². The van der Waals surface area contributed by atoms with Crippen LogP contribution < -0.4 is 0 Å². The van der Waals surface area contributed by atoms with Crippen LogP contribution in [0.25, 0.3) is 11.1 Å². The van der Waals surface area contributed by atoms with Gasteiger partial charge in [0.15, 0.2) is 0 Å². The molecule has 1 atom stereocenters. The number of unbranched alkanes of at least 4 members (excludes halogenated alkanes) is 6. The Morgan fingerprint density at radius 3 is 1.87 bits per heavy atom. The van der Waals surface area contributed by atoms with Gasteiger partial charge in [0.2, 0.25) is 0 Å². The largest absolute Gasteiger partial charge is 0.0773 e. The van der Waals surface area contributed by atoms with E-state index in [2.05, 4.69) is 86.7 Å². The lowest BCUT2D eigenvalue weighted by Gasteiger charge is -2.36. The van der Waals surface area contributed by atoms with Crippen molar-refractivity contribution in [3.8, 4) is 0 Å². The van der Waals surface area contributed by atoms with E-state index in [1.165, 1.54) is 92.9 Å². The molecule has 0 saturated heterocycles. The standard InChI is InChI=1S/C30H40/c1-3-5-7-8-9-16-23-30(22-6-4-2)24-21-28(26-17-12-10-13-18-26)29(25-30)27-19-14-11-15-20-27/h10-15,17-21,24H,3-9,16,22-23,25H2,1-2H3. The van der Waals surface area contributed by atoms with Gasteiger partial charge in [-0.25, -0.2) is 0 Å². The lowest BCUT2D eigenvalue weighted by Crippen LogP contribution is -2.22.